The number of halogens is 2. The Hall–Kier alpha value is -4.84. The molecule has 0 aliphatic carbocycles. The Morgan fingerprint density at radius 3 is 2.59 bits per heavy atom. The summed E-state index contributed by atoms with van der Waals surface area (Å²) in [6, 6.07) is 23.8. The van der Waals surface area contributed by atoms with Crippen LogP contribution >= 0.6 is 34.5 Å². The van der Waals surface area contributed by atoms with Crippen LogP contribution < -0.4 is 9.75 Å². The van der Waals surface area contributed by atoms with Crippen LogP contribution in [-0.4, -0.2) is 45.9 Å². The molecule has 0 N–H and O–H groups in total. The van der Waals surface area contributed by atoms with Gasteiger partial charge in [0.05, 0.1) is 17.6 Å². The fraction of sp³-hybridized carbons (Fsp3) is 0.0968. The molecule has 1 amide bonds. The van der Waals surface area contributed by atoms with Gasteiger partial charge in [0.15, 0.2) is 0 Å². The van der Waals surface area contributed by atoms with Crippen molar-refractivity contribution in [3.8, 4) is 0 Å². The maximum absolute atomic E-state index is 12.3. The highest BCUT2D eigenvalue weighted by Gasteiger charge is 2.23. The number of nitrogens with zero attached hydrogens (tertiary/aromatic N) is 6. The zero-order valence-electron chi connectivity index (χ0n) is 23.1. The van der Waals surface area contributed by atoms with Gasteiger partial charge in [-0.05, 0) is 46.6 Å². The van der Waals surface area contributed by atoms with Crippen molar-refractivity contribution < 1.29 is 19.2 Å². The minimum absolute atomic E-state index is 0.0282. The lowest BCUT2D eigenvalue weighted by molar-refractivity contribution is -0.640. The summed E-state index contributed by atoms with van der Waals surface area (Å²) in [6.07, 6.45) is 1.33. The third-order valence-corrected chi connectivity index (χ3v) is 8.14. The number of aliphatic imine (C=N–C) groups is 1. The molecule has 0 unspecified atom stereocenters. The summed E-state index contributed by atoms with van der Waals surface area (Å²) in [7, 11) is 1.76. The van der Waals surface area contributed by atoms with Crippen LogP contribution in [0.2, 0.25) is 10.0 Å². The largest absolute Gasteiger partial charge is 0.594 e. The fourth-order valence-electron chi connectivity index (χ4n) is 4.64. The number of aromatic nitrogens is 4. The molecule has 13 heteroatoms. The number of ether oxygens (including phenoxy) is 1. The second-order valence-corrected chi connectivity index (χ2v) is 11.5. The molecule has 3 aromatic carbocycles. The Morgan fingerprint density at radius 1 is 1.05 bits per heavy atom. The van der Waals surface area contributed by atoms with Crippen molar-refractivity contribution in [2.45, 2.75) is 6.61 Å². The van der Waals surface area contributed by atoms with E-state index < -0.39 is 5.97 Å². The molecule has 10 nitrogen and oxygen atoms in total. The molecule has 6 aromatic rings. The number of carbonyl (C=O) groups is 2. The first-order chi connectivity index (χ1) is 21.3. The predicted octanol–water partition coefficient (Wildman–Crippen LogP) is 5.74. The van der Waals surface area contributed by atoms with Gasteiger partial charge in [-0.2, -0.15) is 5.10 Å². The van der Waals surface area contributed by atoms with Gasteiger partial charge in [0.1, 0.15) is 24.2 Å². The quantitative estimate of drug-likeness (QED) is 0.137. The van der Waals surface area contributed by atoms with Gasteiger partial charge in [-0.25, -0.2) is 9.31 Å². The molecule has 3 aromatic heterocycles. The van der Waals surface area contributed by atoms with E-state index in [4.69, 9.17) is 27.9 Å². The zero-order valence-corrected chi connectivity index (χ0v) is 25.4. The number of thiophene rings is 1. The molecule has 44 heavy (non-hydrogen) atoms. The molecular weight excluding hydrogens is 623 g/mol. The molecule has 0 saturated carbocycles. The third-order valence-electron chi connectivity index (χ3n) is 6.82. The van der Waals surface area contributed by atoms with Crippen molar-refractivity contribution in [2.24, 2.45) is 4.99 Å². The first-order valence-electron chi connectivity index (χ1n) is 13.2. The standard InChI is InChI=1S/C16H13ClN2O.C15H9ClN4O3S/c1-19-14-8-7-12(17)9-13(14)16(18-10-15(19)20)11-5-3-2-4-6-11;16-9-3-4-12-13(6-9)19-14(18-20(12)22)11(7-17-19)15(21)23-8-10-2-1-5-24-10/h2-9H,10H2,1H3;1-7H,8H2. The van der Waals surface area contributed by atoms with Crippen LogP contribution in [0.4, 0.5) is 5.69 Å². The molecule has 0 spiro atoms. The Bertz CT molecular complexity index is 2050. The lowest BCUT2D eigenvalue weighted by atomic mass is 10.0. The number of esters is 1. The number of carbonyl (C=O) groups excluding carboxylic acids is 2. The first-order valence-corrected chi connectivity index (χ1v) is 14.9. The van der Waals surface area contributed by atoms with Crippen molar-refractivity contribution in [1.82, 2.24) is 14.7 Å². The number of benzodiazepines with no additional fused rings is 1. The summed E-state index contributed by atoms with van der Waals surface area (Å²) in [4.78, 5) is 31.8. The summed E-state index contributed by atoms with van der Waals surface area (Å²) in [5, 5.41) is 23.1. The van der Waals surface area contributed by atoms with Gasteiger partial charge in [-0.15, -0.1) is 11.3 Å². The van der Waals surface area contributed by atoms with Crippen LogP contribution in [0.3, 0.4) is 0 Å². The summed E-state index contributed by atoms with van der Waals surface area (Å²) in [5.74, 6) is -0.619. The highest BCUT2D eigenvalue weighted by Crippen LogP contribution is 2.28. The van der Waals surface area contributed by atoms with Crippen LogP contribution in [0.5, 0.6) is 0 Å². The summed E-state index contributed by atoms with van der Waals surface area (Å²) < 4.78 is 6.66. The van der Waals surface area contributed by atoms with E-state index in [1.54, 1.807) is 36.2 Å². The number of amides is 1. The number of rotatable bonds is 4. The maximum Gasteiger partial charge on any atom is 0.344 e. The van der Waals surface area contributed by atoms with Gasteiger partial charge in [0.2, 0.25) is 11.6 Å². The smallest absolute Gasteiger partial charge is 0.344 e. The highest BCUT2D eigenvalue weighted by atomic mass is 35.5. The molecule has 220 valence electrons. The highest BCUT2D eigenvalue weighted by molar-refractivity contribution is 7.09. The molecule has 4 heterocycles. The summed E-state index contributed by atoms with van der Waals surface area (Å²) in [6.45, 7) is 0.303. The summed E-state index contributed by atoms with van der Waals surface area (Å²) >= 11 is 13.6. The van der Waals surface area contributed by atoms with Crippen LogP contribution in [0.15, 0.2) is 95.4 Å². The van der Waals surface area contributed by atoms with E-state index in [1.807, 2.05) is 60.0 Å². The molecule has 0 radical (unpaired) electrons. The molecule has 0 fully saturated rings. The van der Waals surface area contributed by atoms with Gasteiger partial charge in [-0.3, -0.25) is 9.79 Å². The second kappa shape index (κ2) is 12.4. The van der Waals surface area contributed by atoms with Gasteiger partial charge in [0.25, 0.3) is 5.52 Å². The van der Waals surface area contributed by atoms with Crippen molar-refractivity contribution in [1.29, 1.82) is 0 Å². The van der Waals surface area contributed by atoms with Crippen molar-refractivity contribution in [3.63, 3.8) is 0 Å². The Balaban J connectivity index is 0.000000159. The van der Waals surface area contributed by atoms with E-state index in [1.165, 1.54) is 22.0 Å². The minimum atomic E-state index is -0.590. The van der Waals surface area contributed by atoms with E-state index >= 15 is 0 Å². The van der Waals surface area contributed by atoms with Crippen molar-refractivity contribution in [2.75, 3.05) is 18.5 Å². The molecule has 1 aliphatic heterocycles. The lowest BCUT2D eigenvalue weighted by Gasteiger charge is -2.18. The van der Waals surface area contributed by atoms with E-state index in [0.29, 0.717) is 25.9 Å². The van der Waals surface area contributed by atoms with E-state index in [9.17, 15) is 14.8 Å². The topological polar surface area (TPSA) is 116 Å². The molecule has 0 saturated heterocycles. The van der Waals surface area contributed by atoms with Crippen molar-refractivity contribution >= 4 is 74.5 Å². The molecule has 1 aliphatic rings. The average molecular weight is 646 g/mol. The number of hydrogen-bond donors (Lipinski definition) is 0. The average Bonchev–Trinajstić information content (AvgIpc) is 3.69. The second-order valence-electron chi connectivity index (χ2n) is 9.60. The molecular formula is C31H22Cl2N6O4S. The molecule has 0 atom stereocenters. The van der Waals surface area contributed by atoms with Crippen molar-refractivity contribution in [3.05, 3.63) is 127 Å². The molecule has 7 rings (SSSR count). The first kappa shape index (κ1) is 29.2. The van der Waals surface area contributed by atoms with Gasteiger partial charge in [0, 0.05) is 44.3 Å². The predicted molar refractivity (Wildman–Crippen MR) is 170 cm³/mol. The summed E-state index contributed by atoms with van der Waals surface area (Å²) in [5.41, 5.74) is 4.51. The fourth-order valence-corrected chi connectivity index (χ4v) is 5.60. The van der Waals surface area contributed by atoms with Gasteiger partial charge >= 0.3 is 5.97 Å². The SMILES string of the molecule is CN1C(=O)CN=C(c2ccccc2)c2cc(Cl)ccc21.O=C(OCc1cccs1)c1cnn2c1n[n+]([O-])c1ccc(Cl)cc12. The van der Waals surface area contributed by atoms with Crippen LogP contribution in [0, 0.1) is 5.21 Å². The molecule has 0 bridgehead atoms. The number of anilines is 1. The Morgan fingerprint density at radius 2 is 1.82 bits per heavy atom. The van der Waals surface area contributed by atoms with Crippen LogP contribution in [0.25, 0.3) is 16.7 Å². The Kier molecular flexibility index (Phi) is 8.25. The lowest BCUT2D eigenvalue weighted by Crippen LogP contribution is -2.33. The van der Waals surface area contributed by atoms with E-state index in [-0.39, 0.29) is 30.3 Å². The van der Waals surface area contributed by atoms with Crippen LogP contribution in [-0.2, 0) is 16.1 Å². The monoisotopic (exact) mass is 644 g/mol. The number of likely N-dealkylation sites (N-methyl/N-ethyl adjacent to an activating group) is 1. The number of hydrogen-bond acceptors (Lipinski definition) is 8. The van der Waals surface area contributed by atoms with E-state index in [0.717, 1.165) is 27.4 Å². The normalized spacial score (nSPS) is 12.8. The van der Waals surface area contributed by atoms with Gasteiger partial charge in [-0.1, -0.05) is 59.6 Å². The number of benzene rings is 3. The third kappa shape index (κ3) is 5.85. The zero-order chi connectivity index (χ0) is 30.8. The van der Waals surface area contributed by atoms with E-state index in [2.05, 4.69) is 15.2 Å². The maximum atomic E-state index is 12.3. The van der Waals surface area contributed by atoms with Gasteiger partial charge < -0.3 is 14.8 Å². The van der Waals surface area contributed by atoms with Crippen LogP contribution in [0.1, 0.15) is 26.4 Å². The minimum Gasteiger partial charge on any atom is -0.594 e. The number of fused-ring (bicyclic) bond motifs is 4. The Labute approximate surface area is 264 Å².